The Bertz CT molecular complexity index is 537. The molecule has 2 N–H and O–H groups in total. The van der Waals surface area contributed by atoms with Crippen LogP contribution in [0.4, 0.5) is 11.4 Å². The Balaban J connectivity index is 1.61. The predicted molar refractivity (Wildman–Crippen MR) is 82.2 cm³/mol. The molecule has 5 heteroatoms. The smallest absolute Gasteiger partial charge is 0.227 e. The number of hydrogen-bond acceptors (Lipinski definition) is 3. The summed E-state index contributed by atoms with van der Waals surface area (Å²) in [5.74, 6) is 0.696. The molecule has 1 aromatic carbocycles. The fourth-order valence-electron chi connectivity index (χ4n) is 2.78. The van der Waals surface area contributed by atoms with E-state index in [0.29, 0.717) is 12.3 Å². The van der Waals surface area contributed by atoms with Gasteiger partial charge in [0, 0.05) is 30.3 Å². The first-order chi connectivity index (χ1) is 10.1. The quantitative estimate of drug-likeness (QED) is 0.884. The van der Waals surface area contributed by atoms with E-state index in [4.69, 9.17) is 0 Å². The van der Waals surface area contributed by atoms with Gasteiger partial charge >= 0.3 is 0 Å². The second kappa shape index (κ2) is 5.85. The fraction of sp³-hybridized carbons (Fsp3) is 0.500. The number of benzene rings is 1. The molecule has 0 radical (unpaired) electrons. The highest BCUT2D eigenvalue weighted by molar-refractivity contribution is 5.96. The molecule has 0 bridgehead atoms. The van der Waals surface area contributed by atoms with Crippen LogP contribution in [0, 0.1) is 11.8 Å². The van der Waals surface area contributed by atoms with Crippen LogP contribution in [-0.2, 0) is 9.59 Å². The van der Waals surface area contributed by atoms with Crippen LogP contribution in [0.5, 0.6) is 0 Å². The number of amides is 2. The first-order valence-corrected chi connectivity index (χ1v) is 7.57. The molecule has 0 aliphatic carbocycles. The first kappa shape index (κ1) is 14.1. The van der Waals surface area contributed by atoms with Crippen molar-refractivity contribution in [2.24, 2.45) is 11.8 Å². The largest absolute Gasteiger partial charge is 0.326 e. The van der Waals surface area contributed by atoms with Gasteiger partial charge < -0.3 is 15.5 Å². The van der Waals surface area contributed by atoms with Gasteiger partial charge in [0.2, 0.25) is 11.8 Å². The molecule has 1 aromatic rings. The molecule has 21 heavy (non-hydrogen) atoms. The van der Waals surface area contributed by atoms with Crippen molar-refractivity contribution in [2.45, 2.75) is 19.8 Å². The average Bonchev–Trinajstić information content (AvgIpc) is 2.84. The molecule has 2 fully saturated rings. The molecule has 112 valence electrons. The van der Waals surface area contributed by atoms with Crippen LogP contribution in [0.1, 0.15) is 19.8 Å². The lowest BCUT2D eigenvalue weighted by Crippen LogP contribution is -2.48. The number of anilines is 2. The zero-order valence-corrected chi connectivity index (χ0v) is 12.3. The third-order valence-electron chi connectivity index (χ3n) is 4.45. The van der Waals surface area contributed by atoms with Gasteiger partial charge in [-0.05, 0) is 49.7 Å². The predicted octanol–water partition coefficient (Wildman–Crippen LogP) is 1.61. The van der Waals surface area contributed by atoms with Crippen LogP contribution in [0.2, 0.25) is 0 Å². The average molecular weight is 287 g/mol. The number of carbonyl (C=O) groups is 2. The molecule has 0 saturated carbocycles. The minimum absolute atomic E-state index is 0.0195. The second-order valence-corrected chi connectivity index (χ2v) is 5.89. The molecular weight excluding hydrogens is 266 g/mol. The summed E-state index contributed by atoms with van der Waals surface area (Å²) in [5, 5.41) is 6.14. The van der Waals surface area contributed by atoms with Crippen LogP contribution in [-0.4, -0.2) is 31.4 Å². The minimum Gasteiger partial charge on any atom is -0.326 e. The number of rotatable bonds is 4. The van der Waals surface area contributed by atoms with E-state index in [-0.39, 0.29) is 17.7 Å². The number of hydrogen-bond donors (Lipinski definition) is 2. The molecule has 2 heterocycles. The van der Waals surface area contributed by atoms with Gasteiger partial charge in [0.25, 0.3) is 0 Å². The van der Waals surface area contributed by atoms with Crippen molar-refractivity contribution in [3.05, 3.63) is 24.3 Å². The molecule has 5 nitrogen and oxygen atoms in total. The molecular formula is C16H21N3O2. The maximum atomic E-state index is 12.1. The molecule has 2 amide bonds. The summed E-state index contributed by atoms with van der Waals surface area (Å²) in [7, 11) is 0. The zero-order chi connectivity index (χ0) is 14.8. The van der Waals surface area contributed by atoms with Gasteiger partial charge in [-0.1, -0.05) is 6.92 Å². The van der Waals surface area contributed by atoms with Gasteiger partial charge in [-0.3, -0.25) is 9.59 Å². The van der Waals surface area contributed by atoms with Crippen molar-refractivity contribution < 1.29 is 9.59 Å². The molecule has 0 aromatic heterocycles. The van der Waals surface area contributed by atoms with Crippen LogP contribution in [0.3, 0.4) is 0 Å². The summed E-state index contributed by atoms with van der Waals surface area (Å²) in [6.45, 7) is 4.60. The van der Waals surface area contributed by atoms with E-state index in [2.05, 4.69) is 10.6 Å². The van der Waals surface area contributed by atoms with E-state index in [1.54, 1.807) is 4.90 Å². The van der Waals surface area contributed by atoms with Crippen molar-refractivity contribution in [2.75, 3.05) is 29.9 Å². The van der Waals surface area contributed by atoms with Crippen LogP contribution >= 0.6 is 0 Å². The third kappa shape index (κ3) is 2.93. The Morgan fingerprint density at radius 1 is 1.33 bits per heavy atom. The Kier molecular flexibility index (Phi) is 3.92. The van der Waals surface area contributed by atoms with Gasteiger partial charge in [0.15, 0.2) is 0 Å². The van der Waals surface area contributed by atoms with E-state index < -0.39 is 0 Å². The molecule has 2 aliphatic rings. The maximum Gasteiger partial charge on any atom is 0.227 e. The summed E-state index contributed by atoms with van der Waals surface area (Å²) in [5.41, 5.74) is 1.70. The summed E-state index contributed by atoms with van der Waals surface area (Å²) in [6, 6.07) is 7.53. The summed E-state index contributed by atoms with van der Waals surface area (Å²) < 4.78 is 0. The normalized spacial score (nSPS) is 20.2. The topological polar surface area (TPSA) is 61.4 Å². The van der Waals surface area contributed by atoms with Crippen molar-refractivity contribution in [1.29, 1.82) is 0 Å². The highest BCUT2D eigenvalue weighted by Crippen LogP contribution is 2.24. The standard InChI is InChI=1S/C16H21N3O2/c1-11(12-9-17-10-12)16(21)18-13-4-6-14(7-5-13)19-8-2-3-15(19)20/h4-7,11-12,17H,2-3,8-10H2,1H3,(H,18,21). The van der Waals surface area contributed by atoms with E-state index in [0.717, 1.165) is 37.4 Å². The highest BCUT2D eigenvalue weighted by atomic mass is 16.2. The summed E-state index contributed by atoms with van der Waals surface area (Å²) >= 11 is 0. The van der Waals surface area contributed by atoms with Crippen molar-refractivity contribution in [3.8, 4) is 0 Å². The van der Waals surface area contributed by atoms with Crippen molar-refractivity contribution in [3.63, 3.8) is 0 Å². The molecule has 2 aliphatic heterocycles. The van der Waals surface area contributed by atoms with E-state index >= 15 is 0 Å². The molecule has 1 atom stereocenters. The van der Waals surface area contributed by atoms with Crippen LogP contribution in [0.25, 0.3) is 0 Å². The Morgan fingerprint density at radius 2 is 2.05 bits per heavy atom. The molecule has 3 rings (SSSR count). The Labute approximate surface area is 124 Å². The number of nitrogens with one attached hydrogen (secondary N) is 2. The van der Waals surface area contributed by atoms with Crippen molar-refractivity contribution in [1.82, 2.24) is 5.32 Å². The lowest BCUT2D eigenvalue weighted by atomic mass is 9.88. The lowest BCUT2D eigenvalue weighted by Gasteiger charge is -2.31. The zero-order valence-electron chi connectivity index (χ0n) is 12.3. The molecule has 2 saturated heterocycles. The number of carbonyl (C=O) groups excluding carboxylic acids is 2. The van der Waals surface area contributed by atoms with E-state index in [9.17, 15) is 9.59 Å². The molecule has 1 unspecified atom stereocenters. The van der Waals surface area contributed by atoms with E-state index in [1.165, 1.54) is 0 Å². The summed E-state index contributed by atoms with van der Waals surface area (Å²) in [4.78, 5) is 25.6. The van der Waals surface area contributed by atoms with Crippen molar-refractivity contribution >= 4 is 23.2 Å². The Hall–Kier alpha value is -1.88. The van der Waals surface area contributed by atoms with Gasteiger partial charge in [0.1, 0.15) is 0 Å². The first-order valence-electron chi connectivity index (χ1n) is 7.57. The molecule has 0 spiro atoms. The van der Waals surface area contributed by atoms with Gasteiger partial charge in [-0.25, -0.2) is 0 Å². The second-order valence-electron chi connectivity index (χ2n) is 5.89. The maximum absolute atomic E-state index is 12.1. The fourth-order valence-corrected chi connectivity index (χ4v) is 2.78. The highest BCUT2D eigenvalue weighted by Gasteiger charge is 2.28. The van der Waals surface area contributed by atoms with Gasteiger partial charge in [0.05, 0.1) is 0 Å². The third-order valence-corrected chi connectivity index (χ3v) is 4.45. The summed E-state index contributed by atoms with van der Waals surface area (Å²) in [6.07, 6.45) is 1.55. The van der Waals surface area contributed by atoms with Crippen LogP contribution < -0.4 is 15.5 Å². The van der Waals surface area contributed by atoms with Crippen LogP contribution in [0.15, 0.2) is 24.3 Å². The lowest BCUT2D eigenvalue weighted by molar-refractivity contribution is -0.121. The Morgan fingerprint density at radius 3 is 2.57 bits per heavy atom. The SMILES string of the molecule is CC(C(=O)Nc1ccc(N2CCCC2=O)cc1)C1CNC1. The number of nitrogens with zero attached hydrogens (tertiary/aromatic N) is 1. The van der Waals surface area contributed by atoms with Gasteiger partial charge in [-0.2, -0.15) is 0 Å². The van der Waals surface area contributed by atoms with E-state index in [1.807, 2.05) is 31.2 Å². The minimum atomic E-state index is 0.0195. The van der Waals surface area contributed by atoms with Gasteiger partial charge in [-0.15, -0.1) is 0 Å². The monoisotopic (exact) mass is 287 g/mol.